The van der Waals surface area contributed by atoms with Gasteiger partial charge in [0, 0.05) is 30.8 Å². The van der Waals surface area contributed by atoms with Gasteiger partial charge in [0.15, 0.2) is 0 Å². The number of nitrogens with one attached hydrogen (secondary N) is 1. The van der Waals surface area contributed by atoms with E-state index in [1.807, 2.05) is 37.8 Å². The highest BCUT2D eigenvalue weighted by Crippen LogP contribution is 2.31. The summed E-state index contributed by atoms with van der Waals surface area (Å²) in [6.45, 7) is 8.32. The van der Waals surface area contributed by atoms with Crippen LogP contribution in [0, 0.1) is 13.8 Å². The van der Waals surface area contributed by atoms with Crippen molar-refractivity contribution in [3.05, 3.63) is 23.3 Å². The van der Waals surface area contributed by atoms with Crippen molar-refractivity contribution < 1.29 is 19.0 Å². The monoisotopic (exact) mass is 334 g/mol. The molecule has 2 saturated heterocycles. The predicted molar refractivity (Wildman–Crippen MR) is 91.8 cm³/mol. The first-order valence-electron chi connectivity index (χ1n) is 8.39. The molecule has 2 atom stereocenters. The zero-order chi connectivity index (χ0) is 17.3. The minimum atomic E-state index is -0.353. The van der Waals surface area contributed by atoms with Crippen LogP contribution in [-0.2, 0) is 9.47 Å². The molecule has 24 heavy (non-hydrogen) atoms. The molecular weight excluding hydrogens is 308 g/mol. The number of benzene rings is 1. The van der Waals surface area contributed by atoms with E-state index in [0.29, 0.717) is 26.3 Å². The van der Waals surface area contributed by atoms with Gasteiger partial charge in [0.05, 0.1) is 26.4 Å². The fourth-order valence-electron chi connectivity index (χ4n) is 3.55. The molecule has 0 bridgehead atoms. The molecular formula is C18H26N2O4. The fourth-order valence-corrected chi connectivity index (χ4v) is 3.55. The van der Waals surface area contributed by atoms with Gasteiger partial charge in [-0.2, -0.15) is 0 Å². The Hall–Kier alpha value is -1.79. The first kappa shape index (κ1) is 17.0. The summed E-state index contributed by atoms with van der Waals surface area (Å²) in [4.78, 5) is 14.6. The third kappa shape index (κ3) is 3.35. The molecule has 1 spiro atoms. The van der Waals surface area contributed by atoms with Gasteiger partial charge in [-0.25, -0.2) is 4.79 Å². The number of aryl methyl sites for hydroxylation is 1. The third-order valence-electron chi connectivity index (χ3n) is 4.73. The Kier molecular flexibility index (Phi) is 4.69. The van der Waals surface area contributed by atoms with E-state index < -0.39 is 0 Å². The lowest BCUT2D eigenvalue weighted by Crippen LogP contribution is -2.57. The van der Waals surface area contributed by atoms with Crippen LogP contribution in [0.2, 0.25) is 0 Å². The van der Waals surface area contributed by atoms with Gasteiger partial charge in [-0.05, 0) is 38.5 Å². The standard InChI is InChI=1S/C18H26N2O4/c1-12-7-15(14(3)16(8-12)22-4)19-17(21)20-9-13(2)24-18(10-20)5-6-23-11-18/h7-8,13H,5-6,9-11H2,1-4H3,(H,19,21). The molecule has 0 radical (unpaired) electrons. The lowest BCUT2D eigenvalue weighted by Gasteiger charge is -2.42. The van der Waals surface area contributed by atoms with Gasteiger partial charge in [-0.15, -0.1) is 0 Å². The summed E-state index contributed by atoms with van der Waals surface area (Å²) in [5.74, 6) is 0.779. The molecule has 3 rings (SSSR count). The van der Waals surface area contributed by atoms with Crippen molar-refractivity contribution in [3.63, 3.8) is 0 Å². The van der Waals surface area contributed by atoms with Crippen LogP contribution in [0.4, 0.5) is 10.5 Å². The minimum Gasteiger partial charge on any atom is -0.496 e. The summed E-state index contributed by atoms with van der Waals surface area (Å²) in [6, 6.07) is 3.83. The number of morpholine rings is 1. The first-order valence-corrected chi connectivity index (χ1v) is 8.39. The Labute approximate surface area is 143 Å². The van der Waals surface area contributed by atoms with Crippen LogP contribution in [0.3, 0.4) is 0 Å². The van der Waals surface area contributed by atoms with E-state index in [0.717, 1.165) is 29.0 Å². The Bertz CT molecular complexity index is 626. The minimum absolute atomic E-state index is 0.000609. The van der Waals surface area contributed by atoms with E-state index in [1.165, 1.54) is 0 Å². The second kappa shape index (κ2) is 6.61. The summed E-state index contributed by atoms with van der Waals surface area (Å²) in [5.41, 5.74) is 2.40. The third-order valence-corrected chi connectivity index (χ3v) is 4.73. The highest BCUT2D eigenvalue weighted by atomic mass is 16.6. The molecule has 2 aliphatic rings. The van der Waals surface area contributed by atoms with Crippen LogP contribution in [0.25, 0.3) is 0 Å². The molecule has 2 fully saturated rings. The number of rotatable bonds is 2. The van der Waals surface area contributed by atoms with Gasteiger partial charge in [0.1, 0.15) is 11.4 Å². The molecule has 0 aromatic heterocycles. The molecule has 2 heterocycles. The summed E-state index contributed by atoms with van der Waals surface area (Å²) in [7, 11) is 1.64. The Balaban J connectivity index is 1.76. The fraction of sp³-hybridized carbons (Fsp3) is 0.611. The van der Waals surface area contributed by atoms with Gasteiger partial charge in [-0.3, -0.25) is 0 Å². The Morgan fingerprint density at radius 3 is 2.88 bits per heavy atom. The van der Waals surface area contributed by atoms with E-state index in [-0.39, 0.29) is 17.7 Å². The molecule has 0 aliphatic carbocycles. The summed E-state index contributed by atoms with van der Waals surface area (Å²) >= 11 is 0. The van der Waals surface area contributed by atoms with Crippen LogP contribution in [0.15, 0.2) is 12.1 Å². The maximum atomic E-state index is 12.8. The van der Waals surface area contributed by atoms with Crippen LogP contribution in [0.5, 0.6) is 5.75 Å². The average Bonchev–Trinajstić information content (AvgIpc) is 2.97. The largest absolute Gasteiger partial charge is 0.496 e. The van der Waals surface area contributed by atoms with Crippen LogP contribution in [0.1, 0.15) is 24.5 Å². The van der Waals surface area contributed by atoms with Crippen molar-refractivity contribution >= 4 is 11.7 Å². The molecule has 1 aromatic rings. The molecule has 132 valence electrons. The average molecular weight is 334 g/mol. The molecule has 2 aliphatic heterocycles. The van der Waals surface area contributed by atoms with Gasteiger partial charge >= 0.3 is 6.03 Å². The smallest absolute Gasteiger partial charge is 0.322 e. The molecule has 6 heteroatoms. The maximum Gasteiger partial charge on any atom is 0.322 e. The van der Waals surface area contributed by atoms with E-state index in [9.17, 15) is 4.79 Å². The van der Waals surface area contributed by atoms with Gasteiger partial charge in [0.2, 0.25) is 0 Å². The Morgan fingerprint density at radius 2 is 2.21 bits per heavy atom. The van der Waals surface area contributed by atoms with Crippen molar-refractivity contribution in [2.45, 2.75) is 38.9 Å². The lowest BCUT2D eigenvalue weighted by atomic mass is 9.99. The molecule has 1 N–H and O–H groups in total. The summed E-state index contributed by atoms with van der Waals surface area (Å²) < 4.78 is 17.0. The number of amides is 2. The van der Waals surface area contributed by atoms with Crippen LogP contribution >= 0.6 is 0 Å². The van der Waals surface area contributed by atoms with Crippen molar-refractivity contribution in [2.24, 2.45) is 0 Å². The number of hydrogen-bond donors (Lipinski definition) is 1. The van der Waals surface area contributed by atoms with Gasteiger partial charge in [0.25, 0.3) is 0 Å². The van der Waals surface area contributed by atoms with Crippen molar-refractivity contribution in [1.82, 2.24) is 4.90 Å². The second-order valence-electron chi connectivity index (χ2n) is 6.86. The van der Waals surface area contributed by atoms with Crippen molar-refractivity contribution in [3.8, 4) is 5.75 Å². The number of hydrogen-bond acceptors (Lipinski definition) is 4. The lowest BCUT2D eigenvalue weighted by molar-refractivity contribution is -0.136. The molecule has 6 nitrogen and oxygen atoms in total. The van der Waals surface area contributed by atoms with Gasteiger partial charge < -0.3 is 24.4 Å². The van der Waals surface area contributed by atoms with E-state index in [4.69, 9.17) is 14.2 Å². The molecule has 2 unspecified atom stereocenters. The number of methoxy groups -OCH3 is 1. The summed E-state index contributed by atoms with van der Waals surface area (Å²) in [5, 5.41) is 3.03. The summed E-state index contributed by atoms with van der Waals surface area (Å²) in [6.07, 6.45) is 0.831. The highest BCUT2D eigenvalue weighted by Gasteiger charge is 2.44. The number of nitrogens with zero attached hydrogens (tertiary/aromatic N) is 1. The molecule has 0 saturated carbocycles. The predicted octanol–water partition coefficient (Wildman–Crippen LogP) is 2.72. The number of urea groups is 1. The normalized spacial score (nSPS) is 26.7. The number of ether oxygens (including phenoxy) is 3. The topological polar surface area (TPSA) is 60.0 Å². The SMILES string of the molecule is COc1cc(C)cc(NC(=O)N2CC(C)OC3(CCOC3)C2)c1C. The molecule has 1 aromatic carbocycles. The second-order valence-corrected chi connectivity index (χ2v) is 6.86. The highest BCUT2D eigenvalue weighted by molar-refractivity contribution is 5.91. The van der Waals surface area contributed by atoms with E-state index in [1.54, 1.807) is 7.11 Å². The Morgan fingerprint density at radius 1 is 1.42 bits per heavy atom. The number of carbonyl (C=O) groups is 1. The van der Waals surface area contributed by atoms with Gasteiger partial charge in [-0.1, -0.05) is 0 Å². The first-order chi connectivity index (χ1) is 11.4. The van der Waals surface area contributed by atoms with E-state index in [2.05, 4.69) is 5.32 Å². The zero-order valence-corrected chi connectivity index (χ0v) is 14.8. The number of anilines is 1. The maximum absolute atomic E-state index is 12.8. The quantitative estimate of drug-likeness (QED) is 0.903. The number of carbonyl (C=O) groups excluding carboxylic acids is 1. The van der Waals surface area contributed by atoms with Crippen LogP contribution < -0.4 is 10.1 Å². The molecule has 2 amide bonds. The van der Waals surface area contributed by atoms with E-state index >= 15 is 0 Å². The van der Waals surface area contributed by atoms with Crippen molar-refractivity contribution in [1.29, 1.82) is 0 Å². The van der Waals surface area contributed by atoms with Crippen molar-refractivity contribution in [2.75, 3.05) is 38.7 Å². The zero-order valence-electron chi connectivity index (χ0n) is 14.8. The van der Waals surface area contributed by atoms with Crippen LogP contribution in [-0.4, -0.2) is 56.0 Å².